The van der Waals surface area contributed by atoms with Gasteiger partial charge < -0.3 is 15.4 Å². The van der Waals surface area contributed by atoms with E-state index in [2.05, 4.69) is 37.7 Å². The zero-order chi connectivity index (χ0) is 19.3. The number of rotatable bonds is 6. The third kappa shape index (κ3) is 5.27. The Bertz CT molecular complexity index is 723. The molecule has 2 rings (SSSR count). The summed E-state index contributed by atoms with van der Waals surface area (Å²) in [5.74, 6) is 0.600. The fourth-order valence-corrected chi connectivity index (χ4v) is 3.18. The number of anilines is 1. The molecule has 0 saturated carbocycles. The monoisotopic (exact) mass is 372 g/mol. The molecule has 4 N–H and O–H groups in total. The summed E-state index contributed by atoms with van der Waals surface area (Å²) < 4.78 is 2.77. The second-order valence-corrected chi connectivity index (χ2v) is 7.60. The number of carbonyl (C=O) groups excluding carboxylic acids is 1. The van der Waals surface area contributed by atoms with Gasteiger partial charge in [-0.3, -0.25) is 4.72 Å². The van der Waals surface area contributed by atoms with E-state index in [0.29, 0.717) is 17.3 Å². The highest BCUT2D eigenvalue weighted by Crippen LogP contribution is 2.32. The Morgan fingerprint density at radius 1 is 0.962 bits per heavy atom. The van der Waals surface area contributed by atoms with E-state index >= 15 is 0 Å². The molecular weight excluding hydrogens is 347 g/mol. The van der Waals surface area contributed by atoms with Crippen LogP contribution in [0.3, 0.4) is 0 Å². The number of carbonyl (C=O) groups is 1. The molecule has 0 saturated heterocycles. The summed E-state index contributed by atoms with van der Waals surface area (Å²) in [4.78, 5) is 13.2. The van der Waals surface area contributed by atoms with Crippen molar-refractivity contribution in [3.63, 3.8) is 0 Å². The maximum absolute atomic E-state index is 12.4. The van der Waals surface area contributed by atoms with Gasteiger partial charge in [-0.1, -0.05) is 58.0 Å². The summed E-state index contributed by atoms with van der Waals surface area (Å²) in [6.45, 7) is 8.42. The van der Waals surface area contributed by atoms with E-state index in [4.69, 9.17) is 10.0 Å². The first-order valence-corrected chi connectivity index (χ1v) is 9.44. The van der Waals surface area contributed by atoms with Crippen molar-refractivity contribution in [2.24, 2.45) is 0 Å². The molecule has 138 valence electrons. The molecule has 2 aromatic carbocycles. The Labute approximate surface area is 159 Å². The number of para-hydroxylation sites is 1. The highest BCUT2D eigenvalue weighted by atomic mass is 32.2. The minimum absolute atomic E-state index is 0.295. The van der Waals surface area contributed by atoms with E-state index in [9.17, 15) is 4.79 Å². The lowest BCUT2D eigenvalue weighted by Gasteiger charge is -2.20. The minimum atomic E-state index is -1.49. The molecule has 26 heavy (non-hydrogen) atoms. The topological polar surface area (TPSA) is 81.6 Å². The largest absolute Gasteiger partial charge is 0.488 e. The summed E-state index contributed by atoms with van der Waals surface area (Å²) in [5, 5.41) is 21.2. The standard InChI is InChI=1S/C19H25BN2O3S/c1-12(2)16-6-5-7-17(13(3)4)18(16)21-19(23)22-26-15-10-8-14(9-11-15)20(24)25/h5-13,24-25H,1-4H3,(H2,21,22,23). The summed E-state index contributed by atoms with van der Waals surface area (Å²) in [6, 6.07) is 12.5. The Hall–Kier alpha value is -1.96. The van der Waals surface area contributed by atoms with Crippen LogP contribution in [0.2, 0.25) is 0 Å². The molecular formula is C19H25BN2O3S. The second kappa shape index (κ2) is 9.12. The van der Waals surface area contributed by atoms with Gasteiger partial charge in [0.2, 0.25) is 0 Å². The molecule has 5 nitrogen and oxygen atoms in total. The molecule has 7 heteroatoms. The van der Waals surface area contributed by atoms with Gasteiger partial charge in [0.25, 0.3) is 0 Å². The van der Waals surface area contributed by atoms with Crippen LogP contribution in [0.1, 0.15) is 50.7 Å². The molecule has 2 aromatic rings. The molecule has 0 atom stereocenters. The molecule has 0 heterocycles. The van der Waals surface area contributed by atoms with E-state index < -0.39 is 7.12 Å². The minimum Gasteiger partial charge on any atom is -0.423 e. The first-order valence-electron chi connectivity index (χ1n) is 8.62. The van der Waals surface area contributed by atoms with Crippen molar-refractivity contribution < 1.29 is 14.8 Å². The molecule has 0 unspecified atom stereocenters. The average molecular weight is 372 g/mol. The summed E-state index contributed by atoms with van der Waals surface area (Å²) >= 11 is 1.17. The normalized spacial score (nSPS) is 10.9. The summed E-state index contributed by atoms with van der Waals surface area (Å²) in [6.07, 6.45) is 0. The molecule has 0 fully saturated rings. The molecule has 0 bridgehead atoms. The van der Waals surface area contributed by atoms with Crippen molar-refractivity contribution in [2.75, 3.05) is 5.32 Å². The second-order valence-electron chi connectivity index (χ2n) is 6.72. The van der Waals surface area contributed by atoms with Gasteiger partial charge in [-0.25, -0.2) is 4.79 Å². The van der Waals surface area contributed by atoms with E-state index in [1.165, 1.54) is 11.9 Å². The van der Waals surface area contributed by atoms with Gasteiger partial charge in [0.15, 0.2) is 0 Å². The molecule has 0 aliphatic carbocycles. The van der Waals surface area contributed by atoms with E-state index in [0.717, 1.165) is 21.7 Å². The number of hydrogen-bond donors (Lipinski definition) is 4. The van der Waals surface area contributed by atoms with E-state index in [-0.39, 0.29) is 6.03 Å². The number of benzene rings is 2. The van der Waals surface area contributed by atoms with Gasteiger partial charge in [0, 0.05) is 10.6 Å². The van der Waals surface area contributed by atoms with Crippen LogP contribution in [-0.4, -0.2) is 23.2 Å². The van der Waals surface area contributed by atoms with Crippen LogP contribution in [-0.2, 0) is 0 Å². The predicted molar refractivity (Wildman–Crippen MR) is 109 cm³/mol. The highest BCUT2D eigenvalue weighted by Gasteiger charge is 2.16. The van der Waals surface area contributed by atoms with Crippen LogP contribution < -0.4 is 15.5 Å². The van der Waals surface area contributed by atoms with Crippen molar-refractivity contribution in [1.82, 2.24) is 4.72 Å². The Balaban J connectivity index is 2.08. The molecule has 0 aliphatic heterocycles. The van der Waals surface area contributed by atoms with Crippen LogP contribution in [0.15, 0.2) is 47.4 Å². The smallest absolute Gasteiger partial charge is 0.423 e. The van der Waals surface area contributed by atoms with Crippen LogP contribution >= 0.6 is 11.9 Å². The van der Waals surface area contributed by atoms with Gasteiger partial charge in [-0.15, -0.1) is 0 Å². The first kappa shape index (κ1) is 20.4. The summed E-state index contributed by atoms with van der Waals surface area (Å²) in [7, 11) is -1.49. The van der Waals surface area contributed by atoms with Crippen molar-refractivity contribution in [2.45, 2.75) is 44.4 Å². The number of nitrogens with one attached hydrogen (secondary N) is 2. The van der Waals surface area contributed by atoms with E-state index in [1.807, 2.05) is 18.2 Å². The lowest BCUT2D eigenvalue weighted by Crippen LogP contribution is -2.29. The first-order chi connectivity index (χ1) is 12.3. The molecule has 0 radical (unpaired) electrons. The van der Waals surface area contributed by atoms with Crippen molar-refractivity contribution in [3.8, 4) is 0 Å². The van der Waals surface area contributed by atoms with Crippen molar-refractivity contribution in [3.05, 3.63) is 53.6 Å². The lowest BCUT2D eigenvalue weighted by molar-refractivity contribution is 0.257. The van der Waals surface area contributed by atoms with E-state index in [1.54, 1.807) is 24.3 Å². The average Bonchev–Trinajstić information content (AvgIpc) is 2.60. The number of urea groups is 1. The Morgan fingerprint density at radius 3 is 1.96 bits per heavy atom. The zero-order valence-electron chi connectivity index (χ0n) is 15.5. The van der Waals surface area contributed by atoms with Crippen LogP contribution in [0.25, 0.3) is 0 Å². The van der Waals surface area contributed by atoms with Gasteiger partial charge in [-0.2, -0.15) is 0 Å². The SMILES string of the molecule is CC(C)c1cccc(C(C)C)c1NC(=O)NSc1ccc(B(O)O)cc1. The maximum Gasteiger partial charge on any atom is 0.488 e. The highest BCUT2D eigenvalue weighted by molar-refractivity contribution is 7.98. The lowest BCUT2D eigenvalue weighted by atomic mass is 9.81. The zero-order valence-corrected chi connectivity index (χ0v) is 16.3. The third-order valence-electron chi connectivity index (χ3n) is 4.05. The van der Waals surface area contributed by atoms with Gasteiger partial charge >= 0.3 is 13.1 Å². The molecule has 0 aromatic heterocycles. The van der Waals surface area contributed by atoms with Gasteiger partial charge in [0.05, 0.1) is 0 Å². The molecule has 0 aliphatic rings. The third-order valence-corrected chi connectivity index (χ3v) is 4.85. The van der Waals surface area contributed by atoms with Crippen LogP contribution in [0.4, 0.5) is 10.5 Å². The number of amides is 2. The predicted octanol–water partition coefficient (Wildman–Crippen LogP) is 3.44. The van der Waals surface area contributed by atoms with Crippen LogP contribution in [0.5, 0.6) is 0 Å². The number of hydrogen-bond acceptors (Lipinski definition) is 4. The maximum atomic E-state index is 12.4. The molecule has 2 amide bonds. The van der Waals surface area contributed by atoms with Crippen molar-refractivity contribution >= 4 is 36.2 Å². The van der Waals surface area contributed by atoms with Crippen molar-refractivity contribution in [1.29, 1.82) is 0 Å². The quantitative estimate of drug-likeness (QED) is 0.463. The molecule has 0 spiro atoms. The van der Waals surface area contributed by atoms with Gasteiger partial charge in [0.1, 0.15) is 0 Å². The van der Waals surface area contributed by atoms with Gasteiger partial charge in [-0.05, 0) is 52.5 Å². The Morgan fingerprint density at radius 2 is 1.50 bits per heavy atom. The fourth-order valence-electron chi connectivity index (χ4n) is 2.65. The Kier molecular flexibility index (Phi) is 7.14. The summed E-state index contributed by atoms with van der Waals surface area (Å²) in [5.41, 5.74) is 3.50. The fraction of sp³-hybridized carbons (Fsp3) is 0.316. The van der Waals surface area contributed by atoms with Crippen LogP contribution in [0, 0.1) is 0 Å².